The van der Waals surface area contributed by atoms with Crippen LogP contribution in [0.5, 0.6) is 0 Å². The van der Waals surface area contributed by atoms with Crippen LogP contribution in [0, 0.1) is 11.3 Å². The average molecular weight is 286 g/mol. The molecule has 1 heterocycles. The second-order valence-electron chi connectivity index (χ2n) is 4.04. The number of hydrogen-bond donors (Lipinski definition) is 2. The summed E-state index contributed by atoms with van der Waals surface area (Å²) in [6.07, 6.45) is 1.69. The van der Waals surface area contributed by atoms with Crippen LogP contribution in [0.15, 0.2) is 34.9 Å². The molecule has 1 aromatic carbocycles. The molecule has 0 aliphatic carbocycles. The van der Waals surface area contributed by atoms with Gasteiger partial charge in [-0.3, -0.25) is 4.79 Å². The molecule has 0 atom stereocenters. The number of nitrogens with two attached hydrogens (primary N) is 1. The standard InChI is InChI=1S/C13H10N4O2S/c14-6-11-10(5-8-1-3-9(15)4-2-8)13(20)17(16-11)7-12(18)19/h1-5H,7,15H2,(H,18,19)/b10-5-. The first kappa shape index (κ1) is 13.7. The van der Waals surface area contributed by atoms with Gasteiger partial charge in [0.2, 0.25) is 0 Å². The molecule has 0 amide bonds. The highest BCUT2D eigenvalue weighted by Gasteiger charge is 2.27. The van der Waals surface area contributed by atoms with Crippen molar-refractivity contribution >= 4 is 40.7 Å². The summed E-state index contributed by atoms with van der Waals surface area (Å²) in [7, 11) is 0. The molecule has 6 nitrogen and oxygen atoms in total. The third-order valence-corrected chi connectivity index (χ3v) is 3.01. The van der Waals surface area contributed by atoms with E-state index in [1.807, 2.05) is 6.07 Å². The van der Waals surface area contributed by atoms with Crippen molar-refractivity contribution in [2.24, 2.45) is 5.10 Å². The fourth-order valence-electron chi connectivity index (χ4n) is 1.67. The lowest BCUT2D eigenvalue weighted by Crippen LogP contribution is -2.26. The molecule has 0 unspecified atom stereocenters. The van der Waals surface area contributed by atoms with E-state index in [9.17, 15) is 4.79 Å². The van der Waals surface area contributed by atoms with Crippen molar-refractivity contribution in [3.8, 4) is 6.07 Å². The van der Waals surface area contributed by atoms with Crippen LogP contribution in [0.1, 0.15) is 5.56 Å². The van der Waals surface area contributed by atoms with Crippen LogP contribution in [-0.2, 0) is 4.79 Å². The van der Waals surface area contributed by atoms with Gasteiger partial charge in [0, 0.05) is 11.3 Å². The Bertz CT molecular complexity index is 671. The predicted molar refractivity (Wildman–Crippen MR) is 78.8 cm³/mol. The van der Waals surface area contributed by atoms with Crippen LogP contribution in [0.4, 0.5) is 5.69 Å². The quantitative estimate of drug-likeness (QED) is 0.492. The second kappa shape index (κ2) is 5.50. The van der Waals surface area contributed by atoms with Crippen molar-refractivity contribution in [2.75, 3.05) is 12.3 Å². The summed E-state index contributed by atoms with van der Waals surface area (Å²) in [6, 6.07) is 8.92. The molecular weight excluding hydrogens is 276 g/mol. The first-order valence-corrected chi connectivity index (χ1v) is 6.02. The summed E-state index contributed by atoms with van der Waals surface area (Å²) in [6.45, 7) is -0.372. The van der Waals surface area contributed by atoms with Gasteiger partial charge >= 0.3 is 5.97 Å². The molecule has 0 spiro atoms. The molecule has 7 heteroatoms. The topological polar surface area (TPSA) is 103 Å². The van der Waals surface area contributed by atoms with Crippen molar-refractivity contribution in [2.45, 2.75) is 0 Å². The zero-order chi connectivity index (χ0) is 14.7. The Hall–Kier alpha value is -2.72. The molecule has 3 N–H and O–H groups in total. The van der Waals surface area contributed by atoms with Crippen molar-refractivity contribution in [1.82, 2.24) is 5.01 Å². The van der Waals surface area contributed by atoms with Gasteiger partial charge in [-0.15, -0.1) is 0 Å². The van der Waals surface area contributed by atoms with E-state index < -0.39 is 5.97 Å². The molecule has 0 saturated carbocycles. The molecule has 1 aliphatic heterocycles. The normalized spacial score (nSPS) is 16.1. The molecular formula is C13H10N4O2S. The van der Waals surface area contributed by atoms with Gasteiger partial charge in [0.25, 0.3) is 0 Å². The molecule has 0 saturated heterocycles. The van der Waals surface area contributed by atoms with Gasteiger partial charge in [-0.25, -0.2) is 5.01 Å². The first-order valence-electron chi connectivity index (χ1n) is 5.61. The Labute approximate surface area is 120 Å². The molecule has 0 aromatic heterocycles. The summed E-state index contributed by atoms with van der Waals surface area (Å²) in [4.78, 5) is 10.9. The van der Waals surface area contributed by atoms with E-state index in [2.05, 4.69) is 5.10 Å². The number of benzene rings is 1. The Balaban J connectivity index is 2.34. The van der Waals surface area contributed by atoms with Crippen LogP contribution in [0.2, 0.25) is 0 Å². The molecule has 0 fully saturated rings. The Kier molecular flexibility index (Phi) is 3.77. The maximum Gasteiger partial charge on any atom is 0.325 e. The predicted octanol–water partition coefficient (Wildman–Crippen LogP) is 1.26. The maximum absolute atomic E-state index is 10.7. The second-order valence-corrected chi connectivity index (χ2v) is 4.43. The SMILES string of the molecule is N#CC1=NN(CC(=O)O)C(=S)/C1=C\c1ccc(N)cc1. The number of carboxylic acids is 1. The van der Waals surface area contributed by atoms with Gasteiger partial charge in [-0.05, 0) is 23.8 Å². The van der Waals surface area contributed by atoms with Crippen LogP contribution in [0.25, 0.3) is 6.08 Å². The molecule has 2 rings (SSSR count). The van der Waals surface area contributed by atoms with Gasteiger partial charge < -0.3 is 10.8 Å². The number of hydrazone groups is 1. The van der Waals surface area contributed by atoms with Crippen LogP contribution < -0.4 is 5.73 Å². The number of nitrogen functional groups attached to an aromatic ring is 1. The van der Waals surface area contributed by atoms with Gasteiger partial charge in [0.15, 0.2) is 5.71 Å². The molecule has 0 radical (unpaired) electrons. The largest absolute Gasteiger partial charge is 0.480 e. The summed E-state index contributed by atoms with van der Waals surface area (Å²) < 4.78 is 0. The molecule has 1 aromatic rings. The number of carboxylic acid groups (broad SMARTS) is 1. The summed E-state index contributed by atoms with van der Waals surface area (Å²) in [5.74, 6) is -1.07. The highest BCUT2D eigenvalue weighted by molar-refractivity contribution is 7.80. The zero-order valence-corrected chi connectivity index (χ0v) is 11.1. The minimum Gasteiger partial charge on any atom is -0.480 e. The average Bonchev–Trinajstić information content (AvgIpc) is 2.69. The van der Waals surface area contributed by atoms with Crippen molar-refractivity contribution in [3.63, 3.8) is 0 Å². The number of carbonyl (C=O) groups is 1. The fourth-order valence-corrected chi connectivity index (χ4v) is 1.93. The number of anilines is 1. The zero-order valence-electron chi connectivity index (χ0n) is 10.3. The highest BCUT2D eigenvalue weighted by Crippen LogP contribution is 2.20. The first-order chi connectivity index (χ1) is 9.51. The third-order valence-electron chi connectivity index (χ3n) is 2.58. The van der Waals surface area contributed by atoms with Crippen LogP contribution in [-0.4, -0.2) is 33.3 Å². The lowest BCUT2D eigenvalue weighted by atomic mass is 10.1. The van der Waals surface area contributed by atoms with Crippen molar-refractivity contribution in [3.05, 3.63) is 35.4 Å². The number of aliphatic carboxylic acids is 1. The van der Waals surface area contributed by atoms with E-state index in [1.54, 1.807) is 30.3 Å². The number of nitriles is 1. The smallest absolute Gasteiger partial charge is 0.325 e. The Morgan fingerprint density at radius 1 is 1.50 bits per heavy atom. The third kappa shape index (κ3) is 2.81. The van der Waals surface area contributed by atoms with E-state index in [-0.39, 0.29) is 17.2 Å². The lowest BCUT2D eigenvalue weighted by molar-refractivity contribution is -0.137. The van der Waals surface area contributed by atoms with Gasteiger partial charge in [0.05, 0.1) is 0 Å². The molecule has 1 aliphatic rings. The van der Waals surface area contributed by atoms with E-state index in [0.717, 1.165) is 10.6 Å². The van der Waals surface area contributed by atoms with Gasteiger partial charge in [0.1, 0.15) is 17.6 Å². The lowest BCUT2D eigenvalue weighted by Gasteiger charge is -2.10. The maximum atomic E-state index is 10.7. The minimum absolute atomic E-state index is 0.105. The number of rotatable bonds is 3. The number of thiocarbonyl (C=S) groups is 1. The molecule has 0 bridgehead atoms. The highest BCUT2D eigenvalue weighted by atomic mass is 32.1. The van der Waals surface area contributed by atoms with E-state index in [1.165, 1.54) is 0 Å². The Morgan fingerprint density at radius 2 is 2.15 bits per heavy atom. The number of nitrogens with zero attached hydrogens (tertiary/aromatic N) is 3. The van der Waals surface area contributed by atoms with Gasteiger partial charge in [-0.1, -0.05) is 24.4 Å². The van der Waals surface area contributed by atoms with Crippen molar-refractivity contribution < 1.29 is 9.90 Å². The monoisotopic (exact) mass is 286 g/mol. The van der Waals surface area contributed by atoms with Crippen molar-refractivity contribution in [1.29, 1.82) is 5.26 Å². The molecule has 20 heavy (non-hydrogen) atoms. The molecule has 100 valence electrons. The van der Waals surface area contributed by atoms with Gasteiger partial charge in [-0.2, -0.15) is 10.4 Å². The van der Waals surface area contributed by atoms with Crippen LogP contribution in [0.3, 0.4) is 0 Å². The summed E-state index contributed by atoms with van der Waals surface area (Å²) >= 11 is 5.15. The summed E-state index contributed by atoms with van der Waals surface area (Å²) in [5.41, 5.74) is 7.57. The minimum atomic E-state index is -1.07. The Morgan fingerprint density at radius 3 is 2.70 bits per heavy atom. The van der Waals surface area contributed by atoms with Crippen LogP contribution >= 0.6 is 12.2 Å². The van der Waals surface area contributed by atoms with E-state index in [0.29, 0.717) is 11.3 Å². The van der Waals surface area contributed by atoms with E-state index >= 15 is 0 Å². The fraction of sp³-hybridized carbons (Fsp3) is 0.0769. The number of hydrogen-bond acceptors (Lipinski definition) is 5. The summed E-state index contributed by atoms with van der Waals surface area (Å²) in [5, 5.41) is 22.8. The van der Waals surface area contributed by atoms with E-state index in [4.69, 9.17) is 28.3 Å².